The maximum Gasteiger partial charge on any atom is 0.263 e. The van der Waals surface area contributed by atoms with Crippen LogP contribution in [0.5, 0.6) is 0 Å². The maximum absolute atomic E-state index is 13.4. The molecule has 17 heavy (non-hydrogen) atoms. The molecule has 0 aliphatic carbocycles. The van der Waals surface area contributed by atoms with Gasteiger partial charge in [-0.3, -0.25) is 0 Å². The summed E-state index contributed by atoms with van der Waals surface area (Å²) < 4.78 is 38.9. The molecule has 0 aromatic carbocycles. The molecule has 1 aromatic heterocycles. The highest BCUT2D eigenvalue weighted by Gasteiger charge is 2.32. The van der Waals surface area contributed by atoms with Gasteiger partial charge in [-0.25, -0.2) is 17.8 Å². The minimum atomic E-state index is -3.86. The van der Waals surface area contributed by atoms with E-state index in [9.17, 15) is 12.8 Å². The maximum atomic E-state index is 13.4. The molecule has 1 aromatic rings. The first kappa shape index (κ1) is 12.7. The van der Waals surface area contributed by atoms with Gasteiger partial charge in [0.05, 0.1) is 0 Å². The fourth-order valence-corrected chi connectivity index (χ4v) is 3.70. The zero-order chi connectivity index (χ0) is 12.5. The fourth-order valence-electron chi connectivity index (χ4n) is 1.79. The van der Waals surface area contributed by atoms with Crippen LogP contribution < -0.4 is 0 Å². The predicted molar refractivity (Wildman–Crippen MR) is 61.8 cm³/mol. The van der Waals surface area contributed by atoms with Crippen molar-refractivity contribution in [3.8, 4) is 0 Å². The first-order valence-electron chi connectivity index (χ1n) is 5.26. The molecule has 1 aliphatic rings. The summed E-state index contributed by atoms with van der Waals surface area (Å²) in [5, 5.41) is -0.740. The highest BCUT2D eigenvalue weighted by atomic mass is 35.5. The molecular formula is C10H12ClFN2O2S. The SMILES string of the molecule is O=S(=O)(c1ncccc1F)N1CCCC(Cl)C1. The number of sulfonamides is 1. The highest BCUT2D eigenvalue weighted by molar-refractivity contribution is 7.89. The van der Waals surface area contributed by atoms with Crippen molar-refractivity contribution in [2.45, 2.75) is 23.2 Å². The average molecular weight is 279 g/mol. The van der Waals surface area contributed by atoms with Crippen molar-refractivity contribution in [2.24, 2.45) is 0 Å². The number of alkyl halides is 1. The summed E-state index contributed by atoms with van der Waals surface area (Å²) in [6.45, 7) is 0.571. The lowest BCUT2D eigenvalue weighted by Crippen LogP contribution is -2.40. The Morgan fingerprint density at radius 3 is 2.94 bits per heavy atom. The topological polar surface area (TPSA) is 50.3 Å². The van der Waals surface area contributed by atoms with Crippen molar-refractivity contribution in [2.75, 3.05) is 13.1 Å². The molecule has 0 bridgehead atoms. The Morgan fingerprint density at radius 1 is 1.53 bits per heavy atom. The smallest absolute Gasteiger partial charge is 0.241 e. The number of aromatic nitrogens is 1. The molecule has 2 heterocycles. The Labute approximate surface area is 104 Å². The van der Waals surface area contributed by atoms with Crippen molar-refractivity contribution < 1.29 is 12.8 Å². The zero-order valence-corrected chi connectivity index (χ0v) is 10.6. The summed E-state index contributed by atoms with van der Waals surface area (Å²) in [6.07, 6.45) is 2.72. The van der Waals surface area contributed by atoms with Crippen LogP contribution in [-0.2, 0) is 10.0 Å². The van der Waals surface area contributed by atoms with Crippen LogP contribution in [0.3, 0.4) is 0 Å². The molecule has 1 aliphatic heterocycles. The molecule has 4 nitrogen and oxygen atoms in total. The second-order valence-corrected chi connectivity index (χ2v) is 6.36. The van der Waals surface area contributed by atoms with Crippen LogP contribution in [0.4, 0.5) is 4.39 Å². The summed E-state index contributed by atoms with van der Waals surface area (Å²) in [7, 11) is -3.86. The summed E-state index contributed by atoms with van der Waals surface area (Å²) in [5.74, 6) is -0.829. The summed E-state index contributed by atoms with van der Waals surface area (Å²) in [5.41, 5.74) is 0. The zero-order valence-electron chi connectivity index (χ0n) is 9.01. The van der Waals surface area contributed by atoms with E-state index in [2.05, 4.69) is 4.98 Å². The molecule has 0 spiro atoms. The fraction of sp³-hybridized carbons (Fsp3) is 0.500. The lowest BCUT2D eigenvalue weighted by Gasteiger charge is -2.28. The number of hydrogen-bond acceptors (Lipinski definition) is 3. The van der Waals surface area contributed by atoms with Crippen LogP contribution in [0.2, 0.25) is 0 Å². The van der Waals surface area contributed by atoms with Gasteiger partial charge in [-0.15, -0.1) is 11.6 Å². The first-order chi connectivity index (χ1) is 8.01. The molecular weight excluding hydrogens is 267 g/mol. The van der Waals surface area contributed by atoms with Gasteiger partial charge in [-0.2, -0.15) is 4.31 Å². The van der Waals surface area contributed by atoms with E-state index in [1.807, 2.05) is 0 Å². The summed E-state index contributed by atoms with van der Waals surface area (Å²) in [4.78, 5) is 3.60. The number of piperidine rings is 1. The molecule has 2 rings (SSSR count). The molecule has 0 saturated carbocycles. The Balaban J connectivity index is 2.33. The summed E-state index contributed by atoms with van der Waals surface area (Å²) >= 11 is 5.92. The number of halogens is 2. The molecule has 0 amide bonds. The third-order valence-electron chi connectivity index (χ3n) is 2.64. The van der Waals surface area contributed by atoms with Crippen molar-refractivity contribution in [3.05, 3.63) is 24.1 Å². The molecule has 1 atom stereocenters. The van der Waals surface area contributed by atoms with E-state index in [0.717, 1.165) is 12.5 Å². The van der Waals surface area contributed by atoms with Crippen molar-refractivity contribution in [3.63, 3.8) is 0 Å². The van der Waals surface area contributed by atoms with Crippen LogP contribution in [-0.4, -0.2) is 36.2 Å². The normalized spacial score (nSPS) is 22.6. The Bertz CT molecular complexity index is 509. The first-order valence-corrected chi connectivity index (χ1v) is 7.14. The van der Waals surface area contributed by atoms with E-state index < -0.39 is 20.9 Å². The molecule has 1 saturated heterocycles. The van der Waals surface area contributed by atoms with E-state index in [1.54, 1.807) is 0 Å². The average Bonchev–Trinajstić information content (AvgIpc) is 2.29. The Morgan fingerprint density at radius 2 is 2.29 bits per heavy atom. The van der Waals surface area contributed by atoms with Gasteiger partial charge in [-0.1, -0.05) is 0 Å². The second-order valence-electron chi connectivity index (χ2n) is 3.89. The van der Waals surface area contributed by atoms with Gasteiger partial charge in [-0.05, 0) is 25.0 Å². The van der Waals surface area contributed by atoms with Crippen LogP contribution in [0.15, 0.2) is 23.4 Å². The number of pyridine rings is 1. The minimum absolute atomic E-state index is 0.208. The highest BCUT2D eigenvalue weighted by Crippen LogP contribution is 2.23. The molecule has 0 N–H and O–H groups in total. The third-order valence-corrected chi connectivity index (χ3v) is 4.79. The van der Waals surface area contributed by atoms with E-state index >= 15 is 0 Å². The molecule has 0 radical (unpaired) electrons. The number of nitrogens with zero attached hydrogens (tertiary/aromatic N) is 2. The van der Waals surface area contributed by atoms with Crippen molar-refractivity contribution in [1.29, 1.82) is 0 Å². The van der Waals surface area contributed by atoms with Gasteiger partial charge in [0.25, 0.3) is 10.0 Å². The van der Waals surface area contributed by atoms with Crippen LogP contribution in [0.1, 0.15) is 12.8 Å². The Kier molecular flexibility index (Phi) is 3.65. The van der Waals surface area contributed by atoms with Gasteiger partial charge >= 0.3 is 0 Å². The van der Waals surface area contributed by atoms with Crippen LogP contribution >= 0.6 is 11.6 Å². The standard InChI is InChI=1S/C10H12ClFN2O2S/c11-8-3-2-6-14(7-8)17(15,16)10-9(12)4-1-5-13-10/h1,4-5,8H,2-3,6-7H2. The number of hydrogen-bond donors (Lipinski definition) is 0. The lowest BCUT2D eigenvalue weighted by atomic mass is 10.2. The monoisotopic (exact) mass is 278 g/mol. The lowest BCUT2D eigenvalue weighted by molar-refractivity contribution is 0.347. The largest absolute Gasteiger partial charge is 0.263 e. The van der Waals surface area contributed by atoms with E-state index in [0.29, 0.717) is 13.0 Å². The second kappa shape index (κ2) is 4.88. The van der Waals surface area contributed by atoms with Gasteiger partial charge in [0.15, 0.2) is 5.82 Å². The molecule has 7 heteroatoms. The molecule has 94 valence electrons. The molecule has 1 fully saturated rings. The van der Waals surface area contributed by atoms with E-state index in [4.69, 9.17) is 11.6 Å². The quantitative estimate of drug-likeness (QED) is 0.773. The molecule has 1 unspecified atom stereocenters. The van der Waals surface area contributed by atoms with Gasteiger partial charge in [0, 0.05) is 24.7 Å². The van der Waals surface area contributed by atoms with Crippen molar-refractivity contribution in [1.82, 2.24) is 9.29 Å². The number of rotatable bonds is 2. The van der Waals surface area contributed by atoms with E-state index in [-0.39, 0.29) is 11.9 Å². The predicted octanol–water partition coefficient (Wildman–Crippen LogP) is 1.61. The van der Waals surface area contributed by atoms with Crippen LogP contribution in [0, 0.1) is 5.82 Å². The van der Waals surface area contributed by atoms with E-state index in [1.165, 1.54) is 16.6 Å². The van der Waals surface area contributed by atoms with Gasteiger partial charge in [0.2, 0.25) is 5.03 Å². The van der Waals surface area contributed by atoms with Crippen LogP contribution in [0.25, 0.3) is 0 Å². The Hall–Kier alpha value is -0.720. The van der Waals surface area contributed by atoms with Gasteiger partial charge < -0.3 is 0 Å². The van der Waals surface area contributed by atoms with Crippen molar-refractivity contribution >= 4 is 21.6 Å². The third kappa shape index (κ3) is 2.59. The van der Waals surface area contributed by atoms with Gasteiger partial charge in [0.1, 0.15) is 0 Å². The minimum Gasteiger partial charge on any atom is -0.241 e. The summed E-state index contributed by atoms with van der Waals surface area (Å²) in [6, 6.07) is 2.44.